The van der Waals surface area contributed by atoms with Crippen LogP contribution < -0.4 is 0 Å². The molecule has 19 heavy (non-hydrogen) atoms. The fourth-order valence-corrected chi connectivity index (χ4v) is 2.60. The van der Waals surface area contributed by atoms with Gasteiger partial charge in [0, 0.05) is 11.8 Å². The smallest absolute Gasteiger partial charge is 0.126 e. The lowest BCUT2D eigenvalue weighted by atomic mass is 9.93. The van der Waals surface area contributed by atoms with Crippen LogP contribution in [0.25, 0.3) is 0 Å². The van der Waals surface area contributed by atoms with E-state index in [2.05, 4.69) is 0 Å². The Balaban J connectivity index is 2.24. The summed E-state index contributed by atoms with van der Waals surface area (Å²) in [6, 6.07) is 12.1. The fraction of sp³-hybridized carbons (Fsp3) is 0.200. The quantitative estimate of drug-likeness (QED) is 0.635. The average molecular weight is 318 g/mol. The van der Waals surface area contributed by atoms with Crippen LogP contribution in [-0.2, 0) is 6.42 Å². The minimum Gasteiger partial charge on any atom is -0.207 e. The molecule has 0 aromatic heterocycles. The molecule has 100 valence electrons. The number of hydrogen-bond acceptors (Lipinski definition) is 0. The highest BCUT2D eigenvalue weighted by atomic mass is 35.5. The Labute approximate surface area is 127 Å². The van der Waals surface area contributed by atoms with Crippen molar-refractivity contribution in [1.82, 2.24) is 0 Å². The van der Waals surface area contributed by atoms with Gasteiger partial charge in [0.2, 0.25) is 0 Å². The van der Waals surface area contributed by atoms with E-state index in [0.29, 0.717) is 27.9 Å². The van der Waals surface area contributed by atoms with Crippen LogP contribution in [0.4, 0.5) is 4.39 Å². The molecule has 0 bridgehead atoms. The summed E-state index contributed by atoms with van der Waals surface area (Å²) >= 11 is 17.8. The summed E-state index contributed by atoms with van der Waals surface area (Å²) < 4.78 is 13.8. The zero-order valence-electron chi connectivity index (χ0n) is 10.0. The molecule has 0 saturated heterocycles. The molecule has 0 radical (unpaired) electrons. The Bertz CT molecular complexity index is 569. The second-order valence-corrected chi connectivity index (χ2v) is 5.45. The lowest BCUT2D eigenvalue weighted by Gasteiger charge is -2.15. The lowest BCUT2D eigenvalue weighted by molar-refractivity contribution is 0.589. The maximum Gasteiger partial charge on any atom is 0.126 e. The van der Waals surface area contributed by atoms with Crippen LogP contribution in [0, 0.1) is 5.82 Å². The first-order valence-electron chi connectivity index (χ1n) is 5.86. The van der Waals surface area contributed by atoms with Crippen LogP contribution >= 0.6 is 34.8 Å². The van der Waals surface area contributed by atoms with Gasteiger partial charge in [-0.3, -0.25) is 0 Å². The van der Waals surface area contributed by atoms with Crippen molar-refractivity contribution in [2.75, 3.05) is 5.88 Å². The predicted octanol–water partition coefficient (Wildman–Crippen LogP) is 5.70. The Morgan fingerprint density at radius 3 is 2.37 bits per heavy atom. The number of alkyl halides is 1. The summed E-state index contributed by atoms with van der Waals surface area (Å²) in [5.74, 6) is 0.0367. The first kappa shape index (κ1) is 14.6. The van der Waals surface area contributed by atoms with E-state index in [0.717, 1.165) is 5.56 Å². The topological polar surface area (TPSA) is 0 Å². The van der Waals surface area contributed by atoms with Crippen molar-refractivity contribution in [3.05, 3.63) is 69.5 Å². The van der Waals surface area contributed by atoms with Gasteiger partial charge in [-0.15, -0.1) is 11.6 Å². The Morgan fingerprint density at radius 2 is 1.74 bits per heavy atom. The fourth-order valence-electron chi connectivity index (χ4n) is 2.00. The molecule has 0 heterocycles. The van der Waals surface area contributed by atoms with Gasteiger partial charge in [0.05, 0.1) is 10.0 Å². The van der Waals surface area contributed by atoms with E-state index in [9.17, 15) is 4.39 Å². The van der Waals surface area contributed by atoms with Gasteiger partial charge < -0.3 is 0 Å². The standard InChI is InChI=1S/C15H12Cl3F/c16-9-11(12-3-1-2-4-15(12)19)7-10-5-6-13(17)14(18)8-10/h1-6,8,11H,7,9H2. The Hall–Kier alpha value is -0.760. The molecule has 1 unspecified atom stereocenters. The van der Waals surface area contributed by atoms with Gasteiger partial charge >= 0.3 is 0 Å². The van der Waals surface area contributed by atoms with Crippen molar-refractivity contribution in [3.8, 4) is 0 Å². The molecule has 0 nitrogen and oxygen atoms in total. The van der Waals surface area contributed by atoms with Gasteiger partial charge in [0.15, 0.2) is 0 Å². The first-order chi connectivity index (χ1) is 9.11. The zero-order valence-corrected chi connectivity index (χ0v) is 12.3. The molecular weight excluding hydrogens is 306 g/mol. The molecule has 0 amide bonds. The third-order valence-corrected chi connectivity index (χ3v) is 4.11. The molecular formula is C15H12Cl3F. The van der Waals surface area contributed by atoms with Crippen molar-refractivity contribution < 1.29 is 4.39 Å². The van der Waals surface area contributed by atoms with Crippen LogP contribution in [0.15, 0.2) is 42.5 Å². The summed E-state index contributed by atoms with van der Waals surface area (Å²) in [4.78, 5) is 0. The van der Waals surface area contributed by atoms with Crippen LogP contribution in [-0.4, -0.2) is 5.88 Å². The molecule has 2 aromatic rings. The number of hydrogen-bond donors (Lipinski definition) is 0. The highest BCUT2D eigenvalue weighted by Gasteiger charge is 2.15. The van der Waals surface area contributed by atoms with Crippen LogP contribution in [0.5, 0.6) is 0 Å². The largest absolute Gasteiger partial charge is 0.207 e. The highest BCUT2D eigenvalue weighted by molar-refractivity contribution is 6.42. The van der Waals surface area contributed by atoms with E-state index in [4.69, 9.17) is 34.8 Å². The molecule has 0 fully saturated rings. The SMILES string of the molecule is Fc1ccccc1C(CCl)Cc1ccc(Cl)c(Cl)c1. The molecule has 1 atom stereocenters. The molecule has 0 spiro atoms. The maximum atomic E-state index is 13.8. The van der Waals surface area contributed by atoms with Crippen LogP contribution in [0.1, 0.15) is 17.0 Å². The highest BCUT2D eigenvalue weighted by Crippen LogP contribution is 2.28. The normalized spacial score (nSPS) is 12.4. The summed E-state index contributed by atoms with van der Waals surface area (Å²) in [6.45, 7) is 0. The van der Waals surface area contributed by atoms with E-state index in [1.165, 1.54) is 6.07 Å². The summed E-state index contributed by atoms with van der Waals surface area (Å²) in [6.07, 6.45) is 0.626. The Kier molecular flexibility index (Phi) is 5.09. The van der Waals surface area contributed by atoms with Crippen molar-refractivity contribution in [2.45, 2.75) is 12.3 Å². The molecule has 2 rings (SSSR count). The number of rotatable bonds is 4. The summed E-state index contributed by atoms with van der Waals surface area (Å²) in [5.41, 5.74) is 1.62. The molecule has 0 N–H and O–H groups in total. The lowest BCUT2D eigenvalue weighted by Crippen LogP contribution is -2.07. The zero-order chi connectivity index (χ0) is 13.8. The molecule has 4 heteroatoms. The third kappa shape index (κ3) is 3.62. The van der Waals surface area contributed by atoms with E-state index in [1.54, 1.807) is 24.3 Å². The minimum absolute atomic E-state index is 0.0832. The second-order valence-electron chi connectivity index (χ2n) is 4.33. The van der Waals surface area contributed by atoms with Gasteiger partial charge in [-0.25, -0.2) is 4.39 Å². The molecule has 0 aliphatic rings. The van der Waals surface area contributed by atoms with Gasteiger partial charge in [-0.2, -0.15) is 0 Å². The molecule has 2 aromatic carbocycles. The van der Waals surface area contributed by atoms with Crippen molar-refractivity contribution in [2.24, 2.45) is 0 Å². The van der Waals surface area contributed by atoms with E-state index < -0.39 is 0 Å². The monoisotopic (exact) mass is 316 g/mol. The maximum absolute atomic E-state index is 13.8. The molecule has 0 aliphatic carbocycles. The Morgan fingerprint density at radius 1 is 1.00 bits per heavy atom. The van der Waals surface area contributed by atoms with Crippen molar-refractivity contribution in [3.63, 3.8) is 0 Å². The van der Waals surface area contributed by atoms with Crippen molar-refractivity contribution >= 4 is 34.8 Å². The third-order valence-electron chi connectivity index (χ3n) is 3.00. The van der Waals surface area contributed by atoms with Crippen LogP contribution in [0.2, 0.25) is 10.0 Å². The minimum atomic E-state index is -0.229. The van der Waals surface area contributed by atoms with E-state index >= 15 is 0 Å². The predicted molar refractivity (Wildman–Crippen MR) is 80.0 cm³/mol. The van der Waals surface area contributed by atoms with Gasteiger partial charge in [-0.1, -0.05) is 47.5 Å². The molecule has 0 saturated carbocycles. The summed E-state index contributed by atoms with van der Waals surface area (Å²) in [5, 5.41) is 1.01. The van der Waals surface area contributed by atoms with Crippen LogP contribution in [0.3, 0.4) is 0 Å². The van der Waals surface area contributed by atoms with Gasteiger partial charge in [0.1, 0.15) is 5.82 Å². The average Bonchev–Trinajstić information content (AvgIpc) is 2.41. The molecule has 0 aliphatic heterocycles. The second kappa shape index (κ2) is 6.60. The van der Waals surface area contributed by atoms with E-state index in [1.807, 2.05) is 12.1 Å². The van der Waals surface area contributed by atoms with E-state index in [-0.39, 0.29) is 11.7 Å². The van der Waals surface area contributed by atoms with Crippen molar-refractivity contribution in [1.29, 1.82) is 0 Å². The van der Waals surface area contributed by atoms with Gasteiger partial charge in [-0.05, 0) is 35.7 Å². The number of halogens is 4. The summed E-state index contributed by atoms with van der Waals surface area (Å²) in [7, 11) is 0. The van der Waals surface area contributed by atoms with Gasteiger partial charge in [0.25, 0.3) is 0 Å². The number of benzene rings is 2. The first-order valence-corrected chi connectivity index (χ1v) is 7.15.